The van der Waals surface area contributed by atoms with Crippen LogP contribution >= 0.6 is 11.3 Å². The van der Waals surface area contributed by atoms with E-state index in [1.165, 1.54) is 22.5 Å². The highest BCUT2D eigenvalue weighted by Crippen LogP contribution is 2.32. The number of aromatic nitrogens is 1. The van der Waals surface area contributed by atoms with Gasteiger partial charge in [-0.1, -0.05) is 11.3 Å². The van der Waals surface area contributed by atoms with Crippen LogP contribution in [0.5, 0.6) is 5.75 Å². The van der Waals surface area contributed by atoms with E-state index in [-0.39, 0.29) is 5.91 Å². The molecule has 7 heteroatoms. The van der Waals surface area contributed by atoms with Gasteiger partial charge in [-0.05, 0) is 37.3 Å². The predicted octanol–water partition coefficient (Wildman–Crippen LogP) is 2.08. The smallest absolute Gasteiger partial charge is 0.295 e. The Morgan fingerprint density at radius 1 is 1.36 bits per heavy atom. The van der Waals surface area contributed by atoms with Crippen molar-refractivity contribution in [3.05, 3.63) is 42.4 Å². The highest BCUT2D eigenvalue weighted by molar-refractivity contribution is 7.22. The minimum Gasteiger partial charge on any atom is -0.494 e. The van der Waals surface area contributed by atoms with Crippen molar-refractivity contribution in [2.45, 2.75) is 6.92 Å². The second-order valence-corrected chi connectivity index (χ2v) is 6.96. The van der Waals surface area contributed by atoms with Crippen molar-refractivity contribution in [3.8, 4) is 5.75 Å². The summed E-state index contributed by atoms with van der Waals surface area (Å²) in [7, 11) is 4.12. The standard InChI is InChI=1S/C18H21N3O3S/c1-4-23-13-7-8-14-16(12-13)25-18(19-14)21(10-9-20(2)3)17(22)15-6-5-11-24-15/h5-8,11-12H,4,9-10H2,1-3H3/p+1. The monoisotopic (exact) mass is 360 g/mol. The summed E-state index contributed by atoms with van der Waals surface area (Å²) in [6, 6.07) is 9.19. The molecule has 0 radical (unpaired) electrons. The van der Waals surface area contributed by atoms with E-state index in [0.29, 0.717) is 24.0 Å². The van der Waals surface area contributed by atoms with E-state index in [4.69, 9.17) is 9.15 Å². The van der Waals surface area contributed by atoms with Crippen LogP contribution in [0, 0.1) is 0 Å². The molecular weight excluding hydrogens is 338 g/mol. The Hall–Kier alpha value is -2.38. The van der Waals surface area contributed by atoms with Crippen LogP contribution in [0.3, 0.4) is 0 Å². The summed E-state index contributed by atoms with van der Waals surface area (Å²) in [4.78, 5) is 20.4. The Kier molecular flexibility index (Phi) is 5.35. The van der Waals surface area contributed by atoms with Crippen LogP contribution in [0.15, 0.2) is 41.0 Å². The van der Waals surface area contributed by atoms with Crippen molar-refractivity contribution < 1.29 is 18.8 Å². The van der Waals surface area contributed by atoms with Gasteiger partial charge in [0, 0.05) is 0 Å². The van der Waals surface area contributed by atoms with E-state index < -0.39 is 0 Å². The second kappa shape index (κ2) is 7.67. The summed E-state index contributed by atoms with van der Waals surface area (Å²) in [5.41, 5.74) is 0.859. The van der Waals surface area contributed by atoms with Crippen LogP contribution in [0.1, 0.15) is 17.5 Å². The number of ether oxygens (including phenoxy) is 1. The van der Waals surface area contributed by atoms with Crippen LogP contribution in [0.2, 0.25) is 0 Å². The number of rotatable bonds is 7. The fraction of sp³-hybridized carbons (Fsp3) is 0.333. The number of furan rings is 1. The molecule has 0 fully saturated rings. The van der Waals surface area contributed by atoms with Gasteiger partial charge < -0.3 is 14.1 Å². The number of hydrogen-bond acceptors (Lipinski definition) is 5. The third kappa shape index (κ3) is 4.00. The molecule has 0 atom stereocenters. The summed E-state index contributed by atoms with van der Waals surface area (Å²) in [6.45, 7) is 3.95. The van der Waals surface area contributed by atoms with Crippen molar-refractivity contribution in [1.82, 2.24) is 4.98 Å². The lowest BCUT2D eigenvalue weighted by atomic mass is 10.3. The Bertz CT molecular complexity index is 843. The highest BCUT2D eigenvalue weighted by Gasteiger charge is 2.24. The lowest BCUT2D eigenvalue weighted by Crippen LogP contribution is -3.06. The number of hydrogen-bond donors (Lipinski definition) is 1. The first-order valence-corrected chi connectivity index (χ1v) is 9.08. The third-order valence-electron chi connectivity index (χ3n) is 3.70. The molecule has 1 N–H and O–H groups in total. The topological polar surface area (TPSA) is 60.0 Å². The van der Waals surface area contributed by atoms with Gasteiger partial charge in [-0.3, -0.25) is 9.69 Å². The van der Waals surface area contributed by atoms with Crippen LogP contribution in [0.25, 0.3) is 10.2 Å². The van der Waals surface area contributed by atoms with Gasteiger partial charge in [-0.25, -0.2) is 4.98 Å². The molecule has 0 bridgehead atoms. The largest absolute Gasteiger partial charge is 0.494 e. The molecule has 2 heterocycles. The van der Waals surface area contributed by atoms with Gasteiger partial charge in [0.25, 0.3) is 5.91 Å². The van der Waals surface area contributed by atoms with Crippen LogP contribution in [-0.4, -0.2) is 44.7 Å². The number of nitrogens with one attached hydrogen (secondary N) is 1. The number of carbonyl (C=O) groups is 1. The lowest BCUT2D eigenvalue weighted by molar-refractivity contribution is -0.856. The number of quaternary nitrogens is 1. The molecule has 0 aliphatic carbocycles. The first-order chi connectivity index (χ1) is 12.1. The zero-order valence-corrected chi connectivity index (χ0v) is 15.4. The number of carbonyl (C=O) groups excluding carboxylic acids is 1. The molecule has 132 valence electrons. The Morgan fingerprint density at radius 2 is 2.20 bits per heavy atom. The molecule has 0 unspecified atom stereocenters. The summed E-state index contributed by atoms with van der Waals surface area (Å²) in [5.74, 6) is 0.963. The maximum Gasteiger partial charge on any atom is 0.295 e. The van der Waals surface area contributed by atoms with Gasteiger partial charge in [-0.15, -0.1) is 0 Å². The maximum absolute atomic E-state index is 12.8. The predicted molar refractivity (Wildman–Crippen MR) is 98.9 cm³/mol. The fourth-order valence-electron chi connectivity index (χ4n) is 2.42. The van der Waals surface area contributed by atoms with E-state index in [2.05, 4.69) is 19.1 Å². The van der Waals surface area contributed by atoms with Gasteiger partial charge in [0.1, 0.15) is 5.75 Å². The number of fused-ring (bicyclic) bond motifs is 1. The molecule has 0 saturated carbocycles. The Labute approximate surface area is 150 Å². The SMILES string of the molecule is CCOc1ccc2nc(N(CC[NH+](C)C)C(=O)c3ccco3)sc2c1. The normalized spacial score (nSPS) is 11.2. The molecule has 2 aromatic heterocycles. The van der Waals surface area contributed by atoms with Crippen LogP contribution < -0.4 is 14.5 Å². The number of benzene rings is 1. The fourth-order valence-corrected chi connectivity index (χ4v) is 3.44. The second-order valence-electron chi connectivity index (χ2n) is 5.95. The van der Waals surface area contributed by atoms with Crippen molar-refractivity contribution in [3.63, 3.8) is 0 Å². The van der Waals surface area contributed by atoms with Gasteiger partial charge in [0.2, 0.25) is 0 Å². The number of nitrogens with zero attached hydrogens (tertiary/aromatic N) is 2. The maximum atomic E-state index is 12.8. The molecule has 0 aliphatic heterocycles. The lowest BCUT2D eigenvalue weighted by Gasteiger charge is -2.19. The molecule has 6 nitrogen and oxygen atoms in total. The average molecular weight is 360 g/mol. The molecule has 3 rings (SSSR count). The average Bonchev–Trinajstić information content (AvgIpc) is 3.24. The first-order valence-electron chi connectivity index (χ1n) is 8.26. The van der Waals surface area contributed by atoms with Gasteiger partial charge >= 0.3 is 0 Å². The zero-order valence-electron chi connectivity index (χ0n) is 14.6. The molecule has 3 aromatic rings. The van der Waals surface area contributed by atoms with Crippen molar-refractivity contribution in [2.24, 2.45) is 0 Å². The summed E-state index contributed by atoms with van der Waals surface area (Å²) in [5, 5.41) is 0.672. The summed E-state index contributed by atoms with van der Waals surface area (Å²) in [6.07, 6.45) is 1.51. The quantitative estimate of drug-likeness (QED) is 0.701. The molecule has 0 spiro atoms. The van der Waals surface area contributed by atoms with E-state index in [0.717, 1.165) is 22.5 Å². The first kappa shape index (κ1) is 17.4. The summed E-state index contributed by atoms with van der Waals surface area (Å²) < 4.78 is 11.8. The molecule has 25 heavy (non-hydrogen) atoms. The van der Waals surface area contributed by atoms with E-state index in [9.17, 15) is 4.79 Å². The Balaban J connectivity index is 1.94. The van der Waals surface area contributed by atoms with E-state index in [1.807, 2.05) is 25.1 Å². The molecule has 1 aromatic carbocycles. The van der Waals surface area contributed by atoms with Gasteiger partial charge in [-0.2, -0.15) is 0 Å². The number of likely N-dealkylation sites (N-methyl/N-ethyl adjacent to an activating group) is 1. The number of anilines is 1. The van der Waals surface area contributed by atoms with Crippen LogP contribution in [-0.2, 0) is 0 Å². The van der Waals surface area contributed by atoms with Crippen molar-refractivity contribution in [2.75, 3.05) is 38.7 Å². The zero-order chi connectivity index (χ0) is 17.8. The molecule has 0 saturated heterocycles. The van der Waals surface area contributed by atoms with Crippen molar-refractivity contribution in [1.29, 1.82) is 0 Å². The molecule has 1 amide bonds. The summed E-state index contributed by atoms with van der Waals surface area (Å²) >= 11 is 1.49. The highest BCUT2D eigenvalue weighted by atomic mass is 32.1. The van der Waals surface area contributed by atoms with E-state index >= 15 is 0 Å². The minimum atomic E-state index is -0.171. The molecular formula is C18H22N3O3S+. The van der Waals surface area contributed by atoms with E-state index in [1.54, 1.807) is 17.0 Å². The van der Waals surface area contributed by atoms with Crippen molar-refractivity contribution >= 4 is 32.6 Å². The minimum absolute atomic E-state index is 0.171. The Morgan fingerprint density at radius 3 is 2.88 bits per heavy atom. The van der Waals surface area contributed by atoms with Gasteiger partial charge in [0.05, 0.1) is 50.3 Å². The number of thiazole rings is 1. The third-order valence-corrected chi connectivity index (χ3v) is 4.74. The number of amides is 1. The molecule has 0 aliphatic rings. The van der Waals surface area contributed by atoms with Crippen LogP contribution in [0.4, 0.5) is 5.13 Å². The van der Waals surface area contributed by atoms with Gasteiger partial charge in [0.15, 0.2) is 10.9 Å².